The lowest BCUT2D eigenvalue weighted by molar-refractivity contribution is 0.103. The standard InChI is InChI=1S/C17H16ClN3O2S/c1-3-9-19-17-21(10-4-2)15(22)11-14(24-17)16(23)20-13-7-5-12(18)6-8-13/h3-8,11H,1-2,9-10H2,(H,20,23). The van der Waals surface area contributed by atoms with Crippen LogP contribution in [0.15, 0.2) is 65.4 Å². The summed E-state index contributed by atoms with van der Waals surface area (Å²) in [6.07, 6.45) is 3.23. The van der Waals surface area contributed by atoms with Crippen LogP contribution in [0.2, 0.25) is 5.02 Å². The van der Waals surface area contributed by atoms with Crippen LogP contribution in [0.4, 0.5) is 5.69 Å². The van der Waals surface area contributed by atoms with E-state index in [9.17, 15) is 9.59 Å². The molecule has 1 aromatic carbocycles. The largest absolute Gasteiger partial charge is 0.321 e. The molecule has 0 atom stereocenters. The monoisotopic (exact) mass is 361 g/mol. The third kappa shape index (κ3) is 4.53. The third-order valence-corrected chi connectivity index (χ3v) is 4.25. The Morgan fingerprint density at radius 1 is 1.29 bits per heavy atom. The lowest BCUT2D eigenvalue weighted by Gasteiger charge is -2.07. The summed E-state index contributed by atoms with van der Waals surface area (Å²) < 4.78 is 1.46. The zero-order chi connectivity index (χ0) is 17.5. The first-order valence-corrected chi connectivity index (χ1v) is 8.28. The van der Waals surface area contributed by atoms with Gasteiger partial charge in [-0.05, 0) is 24.3 Å². The van der Waals surface area contributed by atoms with Crippen LogP contribution in [0.25, 0.3) is 0 Å². The van der Waals surface area contributed by atoms with E-state index in [1.54, 1.807) is 36.4 Å². The smallest absolute Gasteiger partial charge is 0.266 e. The molecular formula is C17H16ClN3O2S. The van der Waals surface area contributed by atoms with Crippen molar-refractivity contribution in [3.05, 3.63) is 80.7 Å². The zero-order valence-corrected chi connectivity index (χ0v) is 14.4. The van der Waals surface area contributed by atoms with Crippen molar-refractivity contribution >= 4 is 34.5 Å². The quantitative estimate of drug-likeness (QED) is 0.803. The summed E-state index contributed by atoms with van der Waals surface area (Å²) in [5.41, 5.74) is 0.286. The highest BCUT2D eigenvalue weighted by molar-refractivity contribution is 7.11. The molecule has 0 saturated heterocycles. The molecule has 1 N–H and O–H groups in total. The molecule has 0 aliphatic heterocycles. The second-order valence-electron chi connectivity index (χ2n) is 4.72. The summed E-state index contributed by atoms with van der Waals surface area (Å²) in [6.45, 7) is 7.92. The van der Waals surface area contributed by atoms with Crippen LogP contribution in [0, 0.1) is 0 Å². The molecule has 1 aromatic heterocycles. The van der Waals surface area contributed by atoms with Gasteiger partial charge < -0.3 is 5.32 Å². The molecular weight excluding hydrogens is 346 g/mol. The number of allylic oxidation sites excluding steroid dienone is 1. The van der Waals surface area contributed by atoms with Gasteiger partial charge in [0.25, 0.3) is 11.5 Å². The molecule has 24 heavy (non-hydrogen) atoms. The Morgan fingerprint density at radius 2 is 2.00 bits per heavy atom. The van der Waals surface area contributed by atoms with Crippen LogP contribution in [-0.4, -0.2) is 17.0 Å². The molecule has 0 radical (unpaired) electrons. The predicted molar refractivity (Wildman–Crippen MR) is 98.8 cm³/mol. The van der Waals surface area contributed by atoms with Crippen LogP contribution >= 0.6 is 22.9 Å². The van der Waals surface area contributed by atoms with Gasteiger partial charge in [-0.3, -0.25) is 19.1 Å². The number of carbonyl (C=O) groups is 1. The van der Waals surface area contributed by atoms with Gasteiger partial charge in [-0.1, -0.05) is 35.1 Å². The van der Waals surface area contributed by atoms with E-state index in [-0.39, 0.29) is 16.3 Å². The topological polar surface area (TPSA) is 63.5 Å². The molecule has 2 rings (SSSR count). The predicted octanol–water partition coefficient (Wildman–Crippen LogP) is 3.09. The van der Waals surface area contributed by atoms with Gasteiger partial charge in [0, 0.05) is 23.3 Å². The van der Waals surface area contributed by atoms with Crippen LogP contribution in [0.3, 0.4) is 0 Å². The van der Waals surface area contributed by atoms with Crippen molar-refractivity contribution in [1.82, 2.24) is 4.57 Å². The molecule has 1 amide bonds. The maximum absolute atomic E-state index is 12.4. The van der Waals surface area contributed by atoms with Crippen molar-refractivity contribution in [2.24, 2.45) is 4.99 Å². The molecule has 1 heterocycles. The summed E-state index contributed by atoms with van der Waals surface area (Å²) in [4.78, 5) is 29.6. The van der Waals surface area contributed by atoms with Gasteiger partial charge >= 0.3 is 0 Å². The summed E-state index contributed by atoms with van der Waals surface area (Å²) in [5.74, 6) is -0.375. The average Bonchev–Trinajstić information content (AvgIpc) is 2.57. The number of hydrogen-bond donors (Lipinski definition) is 1. The van der Waals surface area contributed by atoms with Crippen LogP contribution in [0.5, 0.6) is 0 Å². The second kappa shape index (κ2) is 8.42. The van der Waals surface area contributed by atoms with E-state index in [0.29, 0.717) is 28.6 Å². The molecule has 0 spiro atoms. The maximum atomic E-state index is 12.4. The first-order valence-electron chi connectivity index (χ1n) is 7.09. The number of amides is 1. The van der Waals surface area contributed by atoms with Crippen molar-refractivity contribution < 1.29 is 4.79 Å². The highest BCUT2D eigenvalue weighted by Crippen LogP contribution is 2.14. The molecule has 124 valence electrons. The Hall–Kier alpha value is -2.44. The molecule has 2 aromatic rings. The van der Waals surface area contributed by atoms with Crippen molar-refractivity contribution in [2.45, 2.75) is 6.54 Å². The Kier molecular flexibility index (Phi) is 6.28. The van der Waals surface area contributed by atoms with Crippen molar-refractivity contribution in [3.63, 3.8) is 0 Å². The van der Waals surface area contributed by atoms with Crippen LogP contribution in [0.1, 0.15) is 9.67 Å². The van der Waals surface area contributed by atoms with E-state index >= 15 is 0 Å². The third-order valence-electron chi connectivity index (χ3n) is 2.95. The Balaban J connectivity index is 2.39. The molecule has 0 unspecified atom stereocenters. The van der Waals surface area contributed by atoms with Gasteiger partial charge in [-0.25, -0.2) is 0 Å². The fourth-order valence-corrected chi connectivity index (χ4v) is 2.90. The highest BCUT2D eigenvalue weighted by Gasteiger charge is 2.11. The van der Waals surface area contributed by atoms with E-state index in [1.165, 1.54) is 10.6 Å². The lowest BCUT2D eigenvalue weighted by Crippen LogP contribution is -2.32. The normalized spacial score (nSPS) is 11.1. The van der Waals surface area contributed by atoms with E-state index < -0.39 is 0 Å². The van der Waals surface area contributed by atoms with Gasteiger partial charge in [0.2, 0.25) is 0 Å². The average molecular weight is 362 g/mol. The summed E-state index contributed by atoms with van der Waals surface area (Å²) >= 11 is 6.96. The van der Waals surface area contributed by atoms with E-state index in [1.807, 2.05) is 0 Å². The van der Waals surface area contributed by atoms with Crippen molar-refractivity contribution in [1.29, 1.82) is 0 Å². The molecule has 5 nitrogen and oxygen atoms in total. The van der Waals surface area contributed by atoms with Gasteiger partial charge in [-0.2, -0.15) is 0 Å². The van der Waals surface area contributed by atoms with Crippen molar-refractivity contribution in [2.75, 3.05) is 11.9 Å². The molecule has 0 bridgehead atoms. The van der Waals surface area contributed by atoms with Crippen molar-refractivity contribution in [3.8, 4) is 0 Å². The minimum atomic E-state index is -0.375. The Bertz CT molecular complexity index is 882. The van der Waals surface area contributed by atoms with E-state index in [4.69, 9.17) is 11.6 Å². The van der Waals surface area contributed by atoms with Gasteiger partial charge in [0.1, 0.15) is 4.88 Å². The number of nitrogens with zero attached hydrogens (tertiary/aromatic N) is 2. The van der Waals surface area contributed by atoms with E-state index in [0.717, 1.165) is 11.3 Å². The minimum Gasteiger partial charge on any atom is -0.321 e. The number of nitrogens with one attached hydrogen (secondary N) is 1. The number of hydrogen-bond acceptors (Lipinski definition) is 4. The summed E-state index contributed by atoms with van der Waals surface area (Å²) in [6, 6.07) is 8.02. The van der Waals surface area contributed by atoms with Gasteiger partial charge in [0.05, 0.1) is 6.54 Å². The fourth-order valence-electron chi connectivity index (χ4n) is 1.86. The first-order chi connectivity index (χ1) is 11.5. The number of carbonyl (C=O) groups excluding carboxylic acids is 1. The molecule has 7 heteroatoms. The second-order valence-corrected chi connectivity index (χ2v) is 6.17. The van der Waals surface area contributed by atoms with Gasteiger partial charge in [0.15, 0.2) is 4.80 Å². The highest BCUT2D eigenvalue weighted by atomic mass is 35.5. The first kappa shape index (κ1) is 17.9. The Morgan fingerprint density at radius 3 is 2.62 bits per heavy atom. The summed E-state index contributed by atoms with van der Waals surface area (Å²) in [7, 11) is 0. The summed E-state index contributed by atoms with van der Waals surface area (Å²) in [5, 5.41) is 3.31. The SMILES string of the molecule is C=CCN=c1sc(C(=O)Nc2ccc(Cl)cc2)cc(=O)n1CC=C. The Labute approximate surface area is 148 Å². The van der Waals surface area contributed by atoms with Gasteiger partial charge in [-0.15, -0.1) is 13.2 Å². The molecule has 0 saturated carbocycles. The molecule has 0 aliphatic carbocycles. The zero-order valence-electron chi connectivity index (χ0n) is 12.9. The number of benzene rings is 1. The number of anilines is 1. The maximum Gasteiger partial charge on any atom is 0.266 e. The van der Waals surface area contributed by atoms with Crippen LogP contribution < -0.4 is 15.7 Å². The number of aromatic nitrogens is 1. The lowest BCUT2D eigenvalue weighted by atomic mass is 10.3. The minimum absolute atomic E-state index is 0.276. The number of rotatable bonds is 6. The van der Waals surface area contributed by atoms with E-state index in [2.05, 4.69) is 23.5 Å². The molecule has 0 fully saturated rings. The fraction of sp³-hybridized carbons (Fsp3) is 0.118. The van der Waals surface area contributed by atoms with Crippen LogP contribution in [-0.2, 0) is 6.54 Å². The number of halogens is 1. The molecule has 0 aliphatic rings.